The summed E-state index contributed by atoms with van der Waals surface area (Å²) in [5, 5.41) is 8.66. The van der Waals surface area contributed by atoms with Crippen molar-refractivity contribution in [3.05, 3.63) is 24.3 Å². The predicted molar refractivity (Wildman–Crippen MR) is 252 cm³/mol. The van der Waals surface area contributed by atoms with Gasteiger partial charge in [-0.25, -0.2) is 0 Å². The Bertz CT molecular complexity index is 989. The number of rotatable bonds is 41. The van der Waals surface area contributed by atoms with Gasteiger partial charge in [0.15, 0.2) is 0 Å². The number of carbonyl (C=O) groups is 2. The number of ether oxygens (including phenoxy) is 4. The summed E-state index contributed by atoms with van der Waals surface area (Å²) in [6, 6.07) is 0. The molecule has 354 valence electrons. The molecule has 1 unspecified atom stereocenters. The Hall–Kier alpha value is -1.78. The Kier molecular flexibility index (Phi) is 43.9. The van der Waals surface area contributed by atoms with Crippen molar-refractivity contribution >= 4 is 11.9 Å². The number of allylic oxidation sites excluding steroid dienone is 4. The van der Waals surface area contributed by atoms with E-state index >= 15 is 0 Å². The van der Waals surface area contributed by atoms with Gasteiger partial charge in [-0.2, -0.15) is 0 Å². The molecule has 3 atom stereocenters. The van der Waals surface area contributed by atoms with Crippen LogP contribution < -0.4 is 0 Å². The van der Waals surface area contributed by atoms with E-state index in [1.807, 2.05) is 38.0 Å². The molecule has 0 aromatic rings. The molecule has 0 radical (unpaired) electrons. The molecular weight excluding hydrogens is 753 g/mol. The molecule has 9 heteroatoms. The van der Waals surface area contributed by atoms with Gasteiger partial charge >= 0.3 is 11.9 Å². The maximum atomic E-state index is 12.3. The third-order valence-electron chi connectivity index (χ3n) is 11.0. The van der Waals surface area contributed by atoms with Gasteiger partial charge in [0, 0.05) is 32.7 Å². The van der Waals surface area contributed by atoms with E-state index in [9.17, 15) is 9.59 Å². The fourth-order valence-corrected chi connectivity index (χ4v) is 7.08. The molecule has 1 saturated heterocycles. The molecule has 1 aliphatic rings. The van der Waals surface area contributed by atoms with Gasteiger partial charge in [-0.3, -0.25) is 9.59 Å². The molecule has 1 fully saturated rings. The van der Waals surface area contributed by atoms with Gasteiger partial charge in [0.2, 0.25) is 6.29 Å². The Labute approximate surface area is 371 Å². The van der Waals surface area contributed by atoms with Crippen molar-refractivity contribution < 1.29 is 33.6 Å². The van der Waals surface area contributed by atoms with Crippen LogP contribution in [0.3, 0.4) is 0 Å². The maximum absolute atomic E-state index is 12.3. The lowest BCUT2D eigenvalue weighted by molar-refractivity contribution is -0.196. The highest BCUT2D eigenvalue weighted by atomic mass is 16.7. The lowest BCUT2D eigenvalue weighted by Crippen LogP contribution is -2.31. The van der Waals surface area contributed by atoms with Crippen LogP contribution in [0.1, 0.15) is 213 Å². The number of hydrogen-bond donors (Lipinski definition) is 1. The second kappa shape index (κ2) is 45.3. The smallest absolute Gasteiger partial charge is 0.309 e. The third kappa shape index (κ3) is 41.6. The summed E-state index contributed by atoms with van der Waals surface area (Å²) < 4.78 is 23.1. The first kappa shape index (κ1) is 58.2. The maximum Gasteiger partial charge on any atom is 0.309 e. The number of aliphatic hydroxyl groups excluding tert-OH is 1. The van der Waals surface area contributed by atoms with Gasteiger partial charge in [-0.15, -0.1) is 0 Å². The Morgan fingerprint density at radius 1 is 0.567 bits per heavy atom. The van der Waals surface area contributed by atoms with Crippen LogP contribution in [0.4, 0.5) is 0 Å². The van der Waals surface area contributed by atoms with Crippen molar-refractivity contribution in [3.8, 4) is 0 Å². The van der Waals surface area contributed by atoms with Crippen molar-refractivity contribution in [2.75, 3.05) is 61.1 Å². The van der Waals surface area contributed by atoms with Gasteiger partial charge in [0.25, 0.3) is 0 Å². The van der Waals surface area contributed by atoms with Crippen molar-refractivity contribution in [2.24, 2.45) is 0 Å². The first-order valence-corrected chi connectivity index (χ1v) is 25.1. The summed E-state index contributed by atoms with van der Waals surface area (Å²) in [6.07, 6.45) is 45.4. The van der Waals surface area contributed by atoms with E-state index in [0.29, 0.717) is 45.6 Å². The molecule has 60 heavy (non-hydrogen) atoms. The average Bonchev–Trinajstić information content (AvgIpc) is 3.61. The van der Waals surface area contributed by atoms with E-state index in [2.05, 4.69) is 38.2 Å². The van der Waals surface area contributed by atoms with Crippen LogP contribution in [-0.4, -0.2) is 106 Å². The zero-order valence-corrected chi connectivity index (χ0v) is 40.3. The Morgan fingerprint density at radius 3 is 1.40 bits per heavy atom. The van der Waals surface area contributed by atoms with Crippen molar-refractivity contribution in [3.63, 3.8) is 0 Å². The fraction of sp³-hybridized carbons (Fsp3) is 0.882. The summed E-state index contributed by atoms with van der Waals surface area (Å²) in [5.41, 5.74) is 0. The second-order valence-electron chi connectivity index (χ2n) is 17.7. The first-order chi connectivity index (χ1) is 29.2. The minimum atomic E-state index is -0.760. The summed E-state index contributed by atoms with van der Waals surface area (Å²) in [6.45, 7) is 6.90. The van der Waals surface area contributed by atoms with Crippen LogP contribution in [0, 0.1) is 0 Å². The van der Waals surface area contributed by atoms with Crippen molar-refractivity contribution in [1.29, 1.82) is 0 Å². The minimum absolute atomic E-state index is 0.145. The molecule has 0 spiro atoms. The molecule has 1 N–H and O–H groups in total. The molecule has 0 aromatic heterocycles. The van der Waals surface area contributed by atoms with Gasteiger partial charge < -0.3 is 33.9 Å². The number of unbranched alkanes of at least 4 members (excludes halogenated alkanes) is 24. The molecule has 0 amide bonds. The quantitative estimate of drug-likeness (QED) is 0.0366. The standard InChI is InChI=1S/C33H62N2O6.C18H36O/c1-6-7-8-9-10-11-12-13-14-15-16-17-18-19-20-21-26-38-30-27-29(28-39-31(36)22-24-34(2)3)40-33(30)41-32(37)23-25-35(4)5;1-2-3-4-5-6-7-8-9-10-11-12-13-14-15-16-17-18-19/h13-14,29-30,33H,6-12,15-28H2,1-5H3;9-10,19H,2-8,11-18H2,1H3/b14-13-;10-9-/t29-,30?,33-;/m0./s1. The number of aliphatic hydroxyl groups is 1. The van der Waals surface area contributed by atoms with E-state index in [-0.39, 0.29) is 30.8 Å². The molecule has 1 rings (SSSR count). The molecule has 0 aliphatic carbocycles. The van der Waals surface area contributed by atoms with Crippen LogP contribution in [-0.2, 0) is 28.5 Å². The molecule has 9 nitrogen and oxygen atoms in total. The first-order valence-electron chi connectivity index (χ1n) is 25.1. The van der Waals surface area contributed by atoms with E-state index in [0.717, 1.165) is 19.3 Å². The summed E-state index contributed by atoms with van der Waals surface area (Å²) in [5.74, 6) is -0.562. The summed E-state index contributed by atoms with van der Waals surface area (Å²) in [7, 11) is 7.67. The lowest BCUT2D eigenvalue weighted by Gasteiger charge is -2.20. The average molecular weight is 851 g/mol. The second-order valence-corrected chi connectivity index (χ2v) is 17.7. The zero-order valence-electron chi connectivity index (χ0n) is 40.3. The fourth-order valence-electron chi connectivity index (χ4n) is 7.08. The highest BCUT2D eigenvalue weighted by Gasteiger charge is 2.39. The Balaban J connectivity index is 0.00000153. The lowest BCUT2D eigenvalue weighted by atomic mass is 10.1. The van der Waals surface area contributed by atoms with Crippen molar-refractivity contribution in [2.45, 2.75) is 231 Å². The SMILES string of the molecule is CCCCCCCC/C=C\CCCCCCCCO.CCCCCCCC/C=C\CCCCCCCCOC1C[C@@H](COC(=O)CCN(C)C)O[C@H]1OC(=O)CCN(C)C. The van der Waals surface area contributed by atoms with Gasteiger partial charge in [-0.05, 0) is 92.4 Å². The van der Waals surface area contributed by atoms with Crippen LogP contribution in [0.25, 0.3) is 0 Å². The molecule has 0 saturated carbocycles. The van der Waals surface area contributed by atoms with Crippen molar-refractivity contribution in [1.82, 2.24) is 9.80 Å². The predicted octanol–water partition coefficient (Wildman–Crippen LogP) is 12.5. The molecule has 1 heterocycles. The minimum Gasteiger partial charge on any atom is -0.463 e. The summed E-state index contributed by atoms with van der Waals surface area (Å²) in [4.78, 5) is 28.2. The Morgan fingerprint density at radius 2 is 0.967 bits per heavy atom. The van der Waals surface area contributed by atoms with Crippen LogP contribution in [0.5, 0.6) is 0 Å². The number of nitrogens with zero attached hydrogens (tertiary/aromatic N) is 2. The van der Waals surface area contributed by atoms with Gasteiger partial charge in [0.05, 0.1) is 18.9 Å². The normalized spacial score (nSPS) is 16.6. The third-order valence-corrected chi connectivity index (χ3v) is 11.0. The number of hydrogen-bond acceptors (Lipinski definition) is 9. The summed E-state index contributed by atoms with van der Waals surface area (Å²) >= 11 is 0. The number of esters is 2. The van der Waals surface area contributed by atoms with Gasteiger partial charge in [0.1, 0.15) is 12.7 Å². The van der Waals surface area contributed by atoms with Crippen LogP contribution in [0.2, 0.25) is 0 Å². The topological polar surface area (TPSA) is 97.8 Å². The van der Waals surface area contributed by atoms with E-state index in [4.69, 9.17) is 24.1 Å². The molecular formula is C51H98N2O7. The monoisotopic (exact) mass is 851 g/mol. The highest BCUT2D eigenvalue weighted by Crippen LogP contribution is 2.26. The largest absolute Gasteiger partial charge is 0.463 e. The zero-order chi connectivity index (χ0) is 44.2. The van der Waals surface area contributed by atoms with E-state index in [1.165, 1.54) is 161 Å². The molecule has 0 bridgehead atoms. The molecule has 0 aromatic carbocycles. The molecule has 1 aliphatic heterocycles. The van der Waals surface area contributed by atoms with Crippen LogP contribution in [0.15, 0.2) is 24.3 Å². The van der Waals surface area contributed by atoms with Gasteiger partial charge in [-0.1, -0.05) is 154 Å². The van der Waals surface area contributed by atoms with E-state index in [1.54, 1.807) is 0 Å². The number of carbonyl (C=O) groups excluding carboxylic acids is 2. The van der Waals surface area contributed by atoms with Crippen LogP contribution >= 0.6 is 0 Å². The highest BCUT2D eigenvalue weighted by molar-refractivity contribution is 5.70. The van der Waals surface area contributed by atoms with E-state index < -0.39 is 6.29 Å².